The van der Waals surface area contributed by atoms with E-state index in [1.165, 1.54) is 12.8 Å². The Morgan fingerprint density at radius 2 is 1.51 bits per heavy atom. The topological polar surface area (TPSA) is 250 Å². The number of hydrogen-bond donors (Lipinski definition) is 4. The molecule has 8 unspecified atom stereocenters. The van der Waals surface area contributed by atoms with Crippen LogP contribution in [-0.2, 0) is 62.4 Å². The Balaban J connectivity index is 0.608. The minimum atomic E-state index is -1.39. The molecule has 7 aliphatic carbocycles. The van der Waals surface area contributed by atoms with E-state index in [1.54, 1.807) is 12.1 Å². The molecule has 3 aromatic rings. The Bertz CT molecular complexity index is 3150. The molecule has 5 aliphatic heterocycles. The lowest BCUT2D eigenvalue weighted by Crippen LogP contribution is -2.97. The predicted octanol–water partition coefficient (Wildman–Crippen LogP) is 3.49. The molecule has 22 heteroatoms. The zero-order valence-corrected chi connectivity index (χ0v) is 45.4. The number of nitrogens with one attached hydrogen (secondary N) is 2. The van der Waals surface area contributed by atoms with Crippen LogP contribution in [0.15, 0.2) is 54.6 Å². The van der Waals surface area contributed by atoms with E-state index >= 15 is 0 Å². The van der Waals surface area contributed by atoms with Crippen LogP contribution in [0.2, 0.25) is 0 Å². The van der Waals surface area contributed by atoms with Gasteiger partial charge in [0.15, 0.2) is 5.60 Å². The van der Waals surface area contributed by atoms with Gasteiger partial charge in [0, 0.05) is 60.0 Å². The molecule has 10 fully saturated rings. The quantitative estimate of drug-likeness (QED) is 0.0581. The molecular formula is C57H64B2N4O15S. The van der Waals surface area contributed by atoms with Crippen LogP contribution in [-0.4, -0.2) is 140 Å². The fourth-order valence-electron chi connectivity index (χ4n) is 16.8. The number of aliphatic carboxylic acids is 1. The van der Waals surface area contributed by atoms with E-state index in [0.717, 1.165) is 46.3 Å². The average Bonchev–Trinajstić information content (AvgIpc) is 2.58. The summed E-state index contributed by atoms with van der Waals surface area (Å²) in [6, 6.07) is 16.0. The molecule has 0 aromatic heterocycles. The van der Waals surface area contributed by atoms with Gasteiger partial charge >= 0.3 is 26.2 Å². The van der Waals surface area contributed by atoms with E-state index in [9.17, 15) is 28.8 Å². The van der Waals surface area contributed by atoms with Gasteiger partial charge in [0.05, 0.1) is 67.1 Å². The van der Waals surface area contributed by atoms with Crippen LogP contribution in [0, 0.1) is 46.3 Å². The Labute approximate surface area is 461 Å². The van der Waals surface area contributed by atoms with Crippen molar-refractivity contribution in [3.8, 4) is 11.5 Å². The average molecular weight is 1100 g/mol. The number of likely N-dealkylation sites (tertiary alicyclic amines) is 1. The van der Waals surface area contributed by atoms with Crippen molar-refractivity contribution in [2.45, 2.75) is 113 Å². The van der Waals surface area contributed by atoms with Crippen molar-refractivity contribution >= 4 is 78.2 Å². The second-order valence-electron chi connectivity index (χ2n) is 24.8. The van der Waals surface area contributed by atoms with E-state index < -0.39 is 60.5 Å². The van der Waals surface area contributed by atoms with Crippen molar-refractivity contribution in [3.05, 3.63) is 76.9 Å². The van der Waals surface area contributed by atoms with Crippen LogP contribution in [0.5, 0.6) is 11.5 Å². The number of fused-ring (bicyclic) bond motifs is 8. The first kappa shape index (κ1) is 51.8. The normalized spacial score (nSPS) is 35.8. The summed E-state index contributed by atoms with van der Waals surface area (Å²) in [5, 5.41) is 13.9. The van der Waals surface area contributed by atoms with Crippen LogP contribution in [0.4, 0.5) is 5.69 Å². The van der Waals surface area contributed by atoms with Crippen LogP contribution in [0.1, 0.15) is 99.7 Å². The molecule has 5 N–H and O–H groups in total. The number of amides is 4. The van der Waals surface area contributed by atoms with Crippen LogP contribution in [0.3, 0.4) is 0 Å². The van der Waals surface area contributed by atoms with Gasteiger partial charge < -0.3 is 59.0 Å². The number of anilines is 1. The molecule has 79 heavy (non-hydrogen) atoms. The largest absolute Gasteiger partial charge is 0.494 e. The van der Waals surface area contributed by atoms with Gasteiger partial charge in [-0.3, -0.25) is 28.9 Å². The summed E-state index contributed by atoms with van der Waals surface area (Å²) in [5.41, 5.74) is 8.47. The molecule has 3 saturated heterocycles. The summed E-state index contributed by atoms with van der Waals surface area (Å²) in [7, 11) is -1.17. The van der Waals surface area contributed by atoms with Crippen molar-refractivity contribution in [2.75, 3.05) is 50.6 Å². The van der Waals surface area contributed by atoms with Crippen molar-refractivity contribution in [1.82, 2.24) is 10.2 Å². The van der Waals surface area contributed by atoms with Gasteiger partial charge in [-0.1, -0.05) is 44.2 Å². The number of esters is 1. The molecule has 0 radical (unpaired) electrons. The third-order valence-corrected chi connectivity index (χ3v) is 22.2. The van der Waals surface area contributed by atoms with Gasteiger partial charge in [-0.05, 0) is 115 Å². The standard InChI is InChI=1S/C57H64B2N4O15S/c1-53(2)28-20-42(53)54(3)44(22-28)75-58(77-54)30-5-8-35-39(23-30)73-40-24-31(59-76-48-37-19-29-21-43-55(4,78-59)49(48)56(29,37)43)6-9-36(40)57(35)34-10-7-32(25-33(34)52(70)74-57)62-46(65)12-15-71-17-18-72-16-13-61-45(64)11-14-63-47(66)26-41(50(63)67)79-27-38(60)51(68)69/h5-10,23-25,28-29,37-38,41-44,48-49H,11-22,26-27,60H2,1-4H3,(H,61,64)(H,62,65)(H,68,69)/t28-,29+,37-,38?,41?,42-,43?,44?,48?,49?,54-,55-,56?,57?/m0/s1. The zero-order chi connectivity index (χ0) is 54.7. The maximum Gasteiger partial charge on any atom is 0.494 e. The first-order chi connectivity index (χ1) is 37.9. The fourth-order valence-corrected chi connectivity index (χ4v) is 17.9. The summed E-state index contributed by atoms with van der Waals surface area (Å²) in [6.07, 6.45) is 4.63. The van der Waals surface area contributed by atoms with Crippen LogP contribution >= 0.6 is 11.8 Å². The lowest BCUT2D eigenvalue weighted by molar-refractivity contribution is -0.496. The number of ether oxygens (including phenoxy) is 4. The van der Waals surface area contributed by atoms with E-state index in [2.05, 4.69) is 38.3 Å². The number of nitrogens with two attached hydrogens (primary N) is 1. The van der Waals surface area contributed by atoms with Crippen molar-refractivity contribution < 1.29 is 71.4 Å². The van der Waals surface area contributed by atoms with Crippen molar-refractivity contribution in [3.63, 3.8) is 0 Å². The summed E-state index contributed by atoms with van der Waals surface area (Å²) in [6.45, 7) is 9.98. The molecule has 14 atom stereocenters. The Morgan fingerprint density at radius 1 is 0.810 bits per heavy atom. The molecule has 2 bridgehead atoms. The smallest absolute Gasteiger partial charge is 0.480 e. The number of carbonyl (C=O) groups is 6. The van der Waals surface area contributed by atoms with E-state index in [1.807, 2.05) is 42.5 Å². The molecule has 414 valence electrons. The van der Waals surface area contributed by atoms with E-state index in [-0.39, 0.29) is 99.6 Å². The number of carboxylic acids is 1. The van der Waals surface area contributed by atoms with Gasteiger partial charge in [-0.25, -0.2) is 4.79 Å². The SMILES string of the molecule is CC1(C)[C@@H]2CC3OB(c4ccc5c(c4)Oc4cc(B6OC7C8C9%10C(C[C@H]9C[C@@H]7%10)[C@]8(C)O6)ccc4C54OC(=O)c5cc(NC(=O)CCOCCOCCNC(=O)CCN6C(=O)CC(SCC(N)C(=O)O)C6=O)ccc54)O[C@@]3(C)[C@H]1C2. The predicted molar refractivity (Wildman–Crippen MR) is 286 cm³/mol. The number of thioether (sulfide) groups is 1. The van der Waals surface area contributed by atoms with Crippen molar-refractivity contribution in [2.24, 2.45) is 52.1 Å². The maximum atomic E-state index is 14.3. The third kappa shape index (κ3) is 7.46. The number of carboxylic acid groups (broad SMARTS) is 1. The van der Waals surface area contributed by atoms with Crippen molar-refractivity contribution in [1.29, 1.82) is 0 Å². The zero-order valence-electron chi connectivity index (χ0n) is 44.6. The summed E-state index contributed by atoms with van der Waals surface area (Å²) in [4.78, 5) is 76.9. The monoisotopic (exact) mass is 1100 g/mol. The Morgan fingerprint density at radius 3 is 2.23 bits per heavy atom. The molecule has 19 nitrogen and oxygen atoms in total. The highest BCUT2D eigenvalue weighted by molar-refractivity contribution is 8.00. The molecule has 3 aromatic carbocycles. The number of hydrogen-bond acceptors (Lipinski definition) is 16. The number of rotatable bonds is 19. The van der Waals surface area contributed by atoms with Gasteiger partial charge in [0.25, 0.3) is 0 Å². The molecular weight excluding hydrogens is 1030 g/mol. The van der Waals surface area contributed by atoms with Crippen LogP contribution in [0.25, 0.3) is 0 Å². The second kappa shape index (κ2) is 18.3. The molecule has 12 aliphatic rings. The molecule has 4 amide bonds. The first-order valence-corrected chi connectivity index (χ1v) is 29.1. The first-order valence-electron chi connectivity index (χ1n) is 28.0. The minimum absolute atomic E-state index is 0.0122. The summed E-state index contributed by atoms with van der Waals surface area (Å²) >= 11 is 1.02. The summed E-state index contributed by atoms with van der Waals surface area (Å²) in [5.74, 6) is 1.22. The molecule has 5 heterocycles. The third-order valence-electron chi connectivity index (χ3n) is 20.8. The lowest BCUT2D eigenvalue weighted by atomic mass is 9.13. The highest BCUT2D eigenvalue weighted by atomic mass is 32.2. The molecule has 15 rings (SSSR count). The minimum Gasteiger partial charge on any atom is -0.480 e. The highest BCUT2D eigenvalue weighted by Gasteiger charge is 2.94. The number of carbonyl (C=O) groups excluding carboxylic acids is 5. The molecule has 7 saturated carbocycles. The Kier molecular flexibility index (Phi) is 12.0. The lowest BCUT2D eigenvalue weighted by Gasteiger charge is -2.94. The summed E-state index contributed by atoms with van der Waals surface area (Å²) < 4.78 is 52.2. The van der Waals surface area contributed by atoms with Gasteiger partial charge in [0.2, 0.25) is 23.6 Å². The fraction of sp³-hybridized carbons (Fsp3) is 0.579. The highest BCUT2D eigenvalue weighted by Crippen LogP contribution is 2.92. The van der Waals surface area contributed by atoms with E-state index in [4.69, 9.17) is 48.4 Å². The van der Waals surface area contributed by atoms with Gasteiger partial charge in [-0.15, -0.1) is 11.8 Å². The van der Waals surface area contributed by atoms with Crippen LogP contribution < -0.4 is 32.0 Å². The maximum absolute atomic E-state index is 14.3. The number of nitrogens with zero attached hydrogens (tertiary/aromatic N) is 1. The number of benzene rings is 3. The second-order valence-corrected chi connectivity index (χ2v) is 26.0. The number of imide groups is 1. The van der Waals surface area contributed by atoms with Gasteiger partial charge in [0.1, 0.15) is 17.5 Å². The van der Waals surface area contributed by atoms with Gasteiger partial charge in [-0.2, -0.15) is 0 Å². The Hall–Kier alpha value is -5.32. The molecule has 2 spiro atoms. The van der Waals surface area contributed by atoms with E-state index in [0.29, 0.717) is 74.4 Å².